The first-order chi connectivity index (χ1) is 8.61. The van der Waals surface area contributed by atoms with Crippen LogP contribution in [-0.4, -0.2) is 18.0 Å². The summed E-state index contributed by atoms with van der Waals surface area (Å²) in [5, 5.41) is 2.77. The van der Waals surface area contributed by atoms with Crippen LogP contribution in [0, 0.1) is 6.92 Å². The maximum atomic E-state index is 11.9. The Morgan fingerprint density at radius 2 is 2.28 bits per heavy atom. The van der Waals surface area contributed by atoms with Crippen molar-refractivity contribution in [1.29, 1.82) is 0 Å². The number of hydrogen-bond acceptors (Lipinski definition) is 5. The van der Waals surface area contributed by atoms with Gasteiger partial charge in [0.05, 0.1) is 24.0 Å². The zero-order chi connectivity index (χ0) is 13.1. The number of nitrogens with one attached hydrogen (secondary N) is 1. The first-order valence-electron chi connectivity index (χ1n) is 5.26. The Kier molecular flexibility index (Phi) is 3.47. The van der Waals surface area contributed by atoms with E-state index < -0.39 is 0 Å². The minimum absolute atomic E-state index is 0.181. The van der Waals surface area contributed by atoms with Gasteiger partial charge in [-0.2, -0.15) is 0 Å². The van der Waals surface area contributed by atoms with Gasteiger partial charge < -0.3 is 15.8 Å². The van der Waals surface area contributed by atoms with Gasteiger partial charge in [-0.3, -0.25) is 4.79 Å². The van der Waals surface area contributed by atoms with Gasteiger partial charge in [-0.15, -0.1) is 11.3 Å². The van der Waals surface area contributed by atoms with E-state index in [-0.39, 0.29) is 5.91 Å². The molecule has 0 aliphatic heterocycles. The standard InChI is InChI=1S/C12H13N3O2S/c1-7-11(18-6-14-7)12(16)15-8-3-4-10(17-2)9(13)5-8/h3-6H,13H2,1-2H3,(H,15,16). The third-order valence-corrected chi connectivity index (χ3v) is 3.37. The summed E-state index contributed by atoms with van der Waals surface area (Å²) in [6, 6.07) is 5.11. The van der Waals surface area contributed by atoms with E-state index in [9.17, 15) is 4.79 Å². The van der Waals surface area contributed by atoms with Crippen molar-refractivity contribution >= 4 is 28.6 Å². The van der Waals surface area contributed by atoms with E-state index in [1.807, 2.05) is 0 Å². The van der Waals surface area contributed by atoms with Crippen molar-refractivity contribution < 1.29 is 9.53 Å². The van der Waals surface area contributed by atoms with Crippen molar-refractivity contribution in [2.24, 2.45) is 0 Å². The molecule has 1 aromatic heterocycles. The number of benzene rings is 1. The zero-order valence-corrected chi connectivity index (χ0v) is 10.9. The number of nitrogen functional groups attached to an aromatic ring is 1. The van der Waals surface area contributed by atoms with Crippen LogP contribution < -0.4 is 15.8 Å². The van der Waals surface area contributed by atoms with E-state index >= 15 is 0 Å². The normalized spacial score (nSPS) is 10.1. The van der Waals surface area contributed by atoms with E-state index in [1.165, 1.54) is 11.3 Å². The number of nitrogens with two attached hydrogens (primary N) is 1. The number of nitrogens with zero attached hydrogens (tertiary/aromatic N) is 1. The molecule has 5 nitrogen and oxygen atoms in total. The second-order valence-corrected chi connectivity index (χ2v) is 4.53. The Morgan fingerprint density at radius 1 is 1.50 bits per heavy atom. The molecule has 2 rings (SSSR count). The van der Waals surface area contributed by atoms with E-state index in [0.717, 1.165) is 5.69 Å². The fourth-order valence-corrected chi connectivity index (χ4v) is 2.22. The van der Waals surface area contributed by atoms with Gasteiger partial charge in [0.25, 0.3) is 5.91 Å². The molecular formula is C12H13N3O2S. The lowest BCUT2D eigenvalue weighted by atomic mass is 10.2. The van der Waals surface area contributed by atoms with Gasteiger partial charge in [-0.1, -0.05) is 0 Å². The number of rotatable bonds is 3. The summed E-state index contributed by atoms with van der Waals surface area (Å²) in [6.07, 6.45) is 0. The lowest BCUT2D eigenvalue weighted by Crippen LogP contribution is -2.11. The molecule has 0 aliphatic rings. The Labute approximate surface area is 109 Å². The van der Waals surface area contributed by atoms with Gasteiger partial charge in [-0.25, -0.2) is 4.98 Å². The molecule has 0 radical (unpaired) electrons. The minimum atomic E-state index is -0.181. The van der Waals surface area contributed by atoms with Crippen LogP contribution in [0.5, 0.6) is 5.75 Å². The molecule has 3 N–H and O–H groups in total. The molecule has 0 bridgehead atoms. The van der Waals surface area contributed by atoms with Gasteiger partial charge in [0.2, 0.25) is 0 Å². The van der Waals surface area contributed by atoms with Crippen LogP contribution in [0.25, 0.3) is 0 Å². The summed E-state index contributed by atoms with van der Waals surface area (Å²) in [7, 11) is 1.55. The monoisotopic (exact) mass is 263 g/mol. The van der Waals surface area contributed by atoms with E-state index in [0.29, 0.717) is 22.0 Å². The molecule has 0 aliphatic carbocycles. The molecule has 0 saturated carbocycles. The number of ether oxygens (including phenoxy) is 1. The SMILES string of the molecule is COc1ccc(NC(=O)c2scnc2C)cc1N. The summed E-state index contributed by atoms with van der Waals surface area (Å²) in [6.45, 7) is 1.80. The number of anilines is 2. The second-order valence-electron chi connectivity index (χ2n) is 3.68. The van der Waals surface area contributed by atoms with E-state index in [2.05, 4.69) is 10.3 Å². The first kappa shape index (κ1) is 12.4. The molecule has 18 heavy (non-hydrogen) atoms. The molecule has 0 spiro atoms. The number of hydrogen-bond donors (Lipinski definition) is 2. The highest BCUT2D eigenvalue weighted by molar-refractivity contribution is 7.12. The number of carbonyl (C=O) groups is 1. The fraction of sp³-hybridized carbons (Fsp3) is 0.167. The van der Waals surface area contributed by atoms with E-state index in [1.54, 1.807) is 37.7 Å². The summed E-state index contributed by atoms with van der Waals surface area (Å²) in [5.74, 6) is 0.404. The number of aromatic nitrogens is 1. The van der Waals surface area contributed by atoms with Crippen LogP contribution in [0.15, 0.2) is 23.7 Å². The highest BCUT2D eigenvalue weighted by atomic mass is 32.1. The van der Waals surface area contributed by atoms with Crippen molar-refractivity contribution in [3.05, 3.63) is 34.3 Å². The van der Waals surface area contributed by atoms with Gasteiger partial charge in [0, 0.05) is 5.69 Å². The van der Waals surface area contributed by atoms with Crippen LogP contribution in [0.4, 0.5) is 11.4 Å². The number of thiazole rings is 1. The Hall–Kier alpha value is -2.08. The fourth-order valence-electron chi connectivity index (χ4n) is 1.52. The maximum absolute atomic E-state index is 11.9. The lowest BCUT2D eigenvalue weighted by Gasteiger charge is -2.08. The van der Waals surface area contributed by atoms with Crippen molar-refractivity contribution in [3.8, 4) is 5.75 Å². The maximum Gasteiger partial charge on any atom is 0.267 e. The lowest BCUT2D eigenvalue weighted by molar-refractivity contribution is 0.103. The molecule has 94 valence electrons. The molecule has 1 amide bonds. The van der Waals surface area contributed by atoms with Crippen LogP contribution in [0.2, 0.25) is 0 Å². The minimum Gasteiger partial charge on any atom is -0.495 e. The predicted octanol–water partition coefficient (Wildman–Crippen LogP) is 2.29. The van der Waals surface area contributed by atoms with E-state index in [4.69, 9.17) is 10.5 Å². The van der Waals surface area contributed by atoms with Crippen LogP contribution in [-0.2, 0) is 0 Å². The molecular weight excluding hydrogens is 250 g/mol. The Bertz CT molecular complexity index is 580. The molecule has 0 unspecified atom stereocenters. The molecule has 6 heteroatoms. The van der Waals surface area contributed by atoms with Crippen LogP contribution in [0.1, 0.15) is 15.4 Å². The smallest absolute Gasteiger partial charge is 0.267 e. The molecule has 0 atom stereocenters. The number of carbonyl (C=O) groups excluding carboxylic acids is 1. The van der Waals surface area contributed by atoms with Gasteiger partial charge >= 0.3 is 0 Å². The largest absolute Gasteiger partial charge is 0.495 e. The van der Waals surface area contributed by atoms with Gasteiger partial charge in [0.15, 0.2) is 0 Å². The summed E-state index contributed by atoms with van der Waals surface area (Å²) in [4.78, 5) is 16.6. The van der Waals surface area contributed by atoms with Crippen molar-refractivity contribution in [3.63, 3.8) is 0 Å². The number of amides is 1. The number of methoxy groups -OCH3 is 1. The summed E-state index contributed by atoms with van der Waals surface area (Å²) in [5.41, 5.74) is 9.25. The van der Waals surface area contributed by atoms with Crippen LogP contribution in [0.3, 0.4) is 0 Å². The highest BCUT2D eigenvalue weighted by Crippen LogP contribution is 2.25. The van der Waals surface area contributed by atoms with Gasteiger partial charge in [-0.05, 0) is 25.1 Å². The quantitative estimate of drug-likeness (QED) is 0.833. The molecule has 0 fully saturated rings. The molecule has 1 heterocycles. The second kappa shape index (κ2) is 5.05. The number of aryl methyl sites for hydroxylation is 1. The predicted molar refractivity (Wildman–Crippen MR) is 72.2 cm³/mol. The Balaban J connectivity index is 2.17. The van der Waals surface area contributed by atoms with Gasteiger partial charge in [0.1, 0.15) is 10.6 Å². The molecule has 1 aromatic carbocycles. The third kappa shape index (κ3) is 2.43. The average molecular weight is 263 g/mol. The highest BCUT2D eigenvalue weighted by Gasteiger charge is 2.12. The first-order valence-corrected chi connectivity index (χ1v) is 6.14. The zero-order valence-electron chi connectivity index (χ0n) is 10.1. The molecule has 0 saturated heterocycles. The summed E-state index contributed by atoms with van der Waals surface area (Å²) >= 11 is 1.31. The van der Waals surface area contributed by atoms with Crippen molar-refractivity contribution in [2.75, 3.05) is 18.2 Å². The average Bonchev–Trinajstić information content (AvgIpc) is 2.76. The Morgan fingerprint density at radius 3 is 2.83 bits per heavy atom. The molecule has 2 aromatic rings. The van der Waals surface area contributed by atoms with Crippen LogP contribution >= 0.6 is 11.3 Å². The van der Waals surface area contributed by atoms with Crippen molar-refractivity contribution in [1.82, 2.24) is 4.98 Å². The van der Waals surface area contributed by atoms with Crippen molar-refractivity contribution in [2.45, 2.75) is 6.92 Å². The summed E-state index contributed by atoms with van der Waals surface area (Å²) < 4.78 is 5.05. The third-order valence-electron chi connectivity index (χ3n) is 2.44. The topological polar surface area (TPSA) is 77.2 Å².